The standard InChI is InChI=1S/C19H24N2O4/c1-25-19(24)13-7-9-16(10-8-13)21-12-14(11-17(21)22)18(23)20-15-5-3-2-4-6-15/h7-10,14-15H,2-6,11-12H2,1H3,(H,20,23). The van der Waals surface area contributed by atoms with E-state index in [4.69, 9.17) is 0 Å². The fraction of sp³-hybridized carbons (Fsp3) is 0.526. The summed E-state index contributed by atoms with van der Waals surface area (Å²) in [7, 11) is 1.33. The Kier molecular flexibility index (Phi) is 5.36. The highest BCUT2D eigenvalue weighted by molar-refractivity contribution is 6.00. The molecule has 25 heavy (non-hydrogen) atoms. The Balaban J connectivity index is 1.61. The van der Waals surface area contributed by atoms with Gasteiger partial charge in [-0.2, -0.15) is 0 Å². The molecule has 0 bridgehead atoms. The van der Waals surface area contributed by atoms with Gasteiger partial charge in [-0.15, -0.1) is 0 Å². The number of amides is 2. The molecule has 6 nitrogen and oxygen atoms in total. The van der Waals surface area contributed by atoms with Crippen molar-refractivity contribution in [3.8, 4) is 0 Å². The molecule has 0 radical (unpaired) electrons. The Labute approximate surface area is 147 Å². The summed E-state index contributed by atoms with van der Waals surface area (Å²) in [5.41, 5.74) is 1.13. The van der Waals surface area contributed by atoms with Crippen LogP contribution >= 0.6 is 0 Å². The van der Waals surface area contributed by atoms with E-state index in [2.05, 4.69) is 10.1 Å². The van der Waals surface area contributed by atoms with E-state index in [-0.39, 0.29) is 30.2 Å². The summed E-state index contributed by atoms with van der Waals surface area (Å²) in [6.07, 6.45) is 5.86. The van der Waals surface area contributed by atoms with Crippen LogP contribution in [0.4, 0.5) is 5.69 Å². The Hall–Kier alpha value is -2.37. The van der Waals surface area contributed by atoms with Crippen molar-refractivity contribution >= 4 is 23.5 Å². The molecule has 0 spiro atoms. The zero-order valence-electron chi connectivity index (χ0n) is 14.5. The first-order chi connectivity index (χ1) is 12.1. The second kappa shape index (κ2) is 7.68. The average Bonchev–Trinajstić information content (AvgIpc) is 3.04. The Morgan fingerprint density at radius 1 is 1.12 bits per heavy atom. The van der Waals surface area contributed by atoms with Gasteiger partial charge < -0.3 is 15.0 Å². The molecular weight excluding hydrogens is 320 g/mol. The van der Waals surface area contributed by atoms with E-state index in [1.54, 1.807) is 29.2 Å². The number of nitrogens with zero attached hydrogens (tertiary/aromatic N) is 1. The van der Waals surface area contributed by atoms with Gasteiger partial charge in [-0.25, -0.2) is 4.79 Å². The van der Waals surface area contributed by atoms with Crippen molar-refractivity contribution in [2.24, 2.45) is 5.92 Å². The van der Waals surface area contributed by atoms with Gasteiger partial charge in [0, 0.05) is 24.7 Å². The molecule has 6 heteroatoms. The smallest absolute Gasteiger partial charge is 0.337 e. The molecule has 1 N–H and O–H groups in total. The SMILES string of the molecule is COC(=O)c1ccc(N2CC(C(=O)NC3CCCCC3)CC2=O)cc1. The van der Waals surface area contributed by atoms with Crippen LogP contribution in [0.15, 0.2) is 24.3 Å². The number of benzene rings is 1. The molecule has 1 aromatic carbocycles. The fourth-order valence-corrected chi connectivity index (χ4v) is 3.59. The summed E-state index contributed by atoms with van der Waals surface area (Å²) in [6.45, 7) is 0.384. The first-order valence-electron chi connectivity index (χ1n) is 8.87. The lowest BCUT2D eigenvalue weighted by atomic mass is 9.95. The monoisotopic (exact) mass is 344 g/mol. The van der Waals surface area contributed by atoms with Gasteiger partial charge in [-0.3, -0.25) is 9.59 Å². The van der Waals surface area contributed by atoms with Crippen molar-refractivity contribution in [2.45, 2.75) is 44.6 Å². The Morgan fingerprint density at radius 3 is 2.44 bits per heavy atom. The third kappa shape index (κ3) is 4.00. The number of ether oxygens (including phenoxy) is 1. The maximum atomic E-state index is 12.5. The minimum atomic E-state index is -0.413. The summed E-state index contributed by atoms with van der Waals surface area (Å²) in [4.78, 5) is 37.9. The lowest BCUT2D eigenvalue weighted by Gasteiger charge is -2.24. The number of esters is 1. The van der Waals surface area contributed by atoms with Gasteiger partial charge in [0.05, 0.1) is 18.6 Å². The number of anilines is 1. The molecule has 1 saturated carbocycles. The van der Waals surface area contributed by atoms with E-state index in [0.717, 1.165) is 25.7 Å². The number of hydrogen-bond acceptors (Lipinski definition) is 4. The third-order valence-corrected chi connectivity index (χ3v) is 5.05. The highest BCUT2D eigenvalue weighted by Gasteiger charge is 2.35. The van der Waals surface area contributed by atoms with Crippen molar-refractivity contribution in [1.82, 2.24) is 5.32 Å². The number of methoxy groups -OCH3 is 1. The number of carbonyl (C=O) groups is 3. The van der Waals surface area contributed by atoms with Gasteiger partial charge >= 0.3 is 5.97 Å². The molecule has 1 saturated heterocycles. The zero-order chi connectivity index (χ0) is 17.8. The molecule has 1 aliphatic heterocycles. The first-order valence-corrected chi connectivity index (χ1v) is 8.87. The predicted octanol–water partition coefficient (Wildman–Crippen LogP) is 2.28. The quantitative estimate of drug-likeness (QED) is 0.850. The van der Waals surface area contributed by atoms with E-state index in [0.29, 0.717) is 17.8 Å². The first kappa shape index (κ1) is 17.5. The van der Waals surface area contributed by atoms with Crippen molar-refractivity contribution in [1.29, 1.82) is 0 Å². The summed E-state index contributed by atoms with van der Waals surface area (Å²) in [5.74, 6) is -0.803. The second-order valence-corrected chi connectivity index (χ2v) is 6.79. The average molecular weight is 344 g/mol. The van der Waals surface area contributed by atoms with Crippen LogP contribution in [-0.2, 0) is 14.3 Å². The van der Waals surface area contributed by atoms with Gasteiger partial charge in [-0.05, 0) is 37.1 Å². The topological polar surface area (TPSA) is 75.7 Å². The van der Waals surface area contributed by atoms with Gasteiger partial charge in [0.25, 0.3) is 0 Å². The van der Waals surface area contributed by atoms with E-state index in [9.17, 15) is 14.4 Å². The van der Waals surface area contributed by atoms with Crippen LogP contribution in [0.2, 0.25) is 0 Å². The molecule has 1 heterocycles. The lowest BCUT2D eigenvalue weighted by Crippen LogP contribution is -2.40. The van der Waals surface area contributed by atoms with Crippen molar-refractivity contribution in [3.63, 3.8) is 0 Å². The Morgan fingerprint density at radius 2 is 1.80 bits per heavy atom. The summed E-state index contributed by atoms with van der Waals surface area (Å²) >= 11 is 0. The van der Waals surface area contributed by atoms with Crippen LogP contribution < -0.4 is 10.2 Å². The molecule has 1 aromatic rings. The summed E-state index contributed by atoms with van der Waals surface area (Å²) < 4.78 is 4.67. The highest BCUT2D eigenvalue weighted by atomic mass is 16.5. The van der Waals surface area contributed by atoms with Gasteiger partial charge in [-0.1, -0.05) is 19.3 Å². The number of rotatable bonds is 4. The van der Waals surface area contributed by atoms with E-state index < -0.39 is 5.97 Å². The van der Waals surface area contributed by atoms with E-state index in [1.165, 1.54) is 13.5 Å². The molecule has 1 atom stereocenters. The molecule has 1 aliphatic carbocycles. The van der Waals surface area contributed by atoms with Gasteiger partial charge in [0.2, 0.25) is 11.8 Å². The number of hydrogen-bond donors (Lipinski definition) is 1. The maximum Gasteiger partial charge on any atom is 0.337 e. The van der Waals surface area contributed by atoms with Crippen LogP contribution in [0.1, 0.15) is 48.9 Å². The highest BCUT2D eigenvalue weighted by Crippen LogP contribution is 2.26. The van der Waals surface area contributed by atoms with Crippen LogP contribution in [0.5, 0.6) is 0 Å². The molecule has 1 unspecified atom stereocenters. The molecule has 2 fully saturated rings. The molecule has 134 valence electrons. The van der Waals surface area contributed by atoms with Crippen LogP contribution in [0, 0.1) is 5.92 Å². The molecule has 0 aromatic heterocycles. The number of nitrogens with one attached hydrogen (secondary N) is 1. The van der Waals surface area contributed by atoms with Crippen molar-refractivity contribution in [3.05, 3.63) is 29.8 Å². The van der Waals surface area contributed by atoms with Crippen molar-refractivity contribution < 1.29 is 19.1 Å². The minimum absolute atomic E-state index is 0.0195. The van der Waals surface area contributed by atoms with Crippen LogP contribution in [0.25, 0.3) is 0 Å². The molecule has 3 rings (SSSR count). The second-order valence-electron chi connectivity index (χ2n) is 6.79. The minimum Gasteiger partial charge on any atom is -0.465 e. The predicted molar refractivity (Wildman–Crippen MR) is 93.3 cm³/mol. The van der Waals surface area contributed by atoms with Gasteiger partial charge in [0.15, 0.2) is 0 Å². The third-order valence-electron chi connectivity index (χ3n) is 5.05. The van der Waals surface area contributed by atoms with E-state index in [1.807, 2.05) is 0 Å². The van der Waals surface area contributed by atoms with Gasteiger partial charge in [0.1, 0.15) is 0 Å². The summed E-state index contributed by atoms with van der Waals surface area (Å²) in [6, 6.07) is 6.94. The maximum absolute atomic E-state index is 12.5. The zero-order valence-corrected chi connectivity index (χ0v) is 14.5. The van der Waals surface area contributed by atoms with E-state index >= 15 is 0 Å². The lowest BCUT2D eigenvalue weighted by molar-refractivity contribution is -0.127. The van der Waals surface area contributed by atoms with Crippen molar-refractivity contribution in [2.75, 3.05) is 18.6 Å². The number of carbonyl (C=O) groups excluding carboxylic acids is 3. The van der Waals surface area contributed by atoms with Crippen LogP contribution in [0.3, 0.4) is 0 Å². The molecule has 2 amide bonds. The fourth-order valence-electron chi connectivity index (χ4n) is 3.59. The normalized spacial score (nSPS) is 21.2. The van der Waals surface area contributed by atoms with Crippen LogP contribution in [-0.4, -0.2) is 37.5 Å². The molecular formula is C19H24N2O4. The largest absolute Gasteiger partial charge is 0.465 e. The summed E-state index contributed by atoms with van der Waals surface area (Å²) in [5, 5.41) is 3.11. The Bertz CT molecular complexity index is 650. The molecule has 2 aliphatic rings.